The van der Waals surface area contributed by atoms with E-state index < -0.39 is 0 Å². The van der Waals surface area contributed by atoms with E-state index in [1.807, 2.05) is 31.2 Å². The molecular formula is C16H14O3. The van der Waals surface area contributed by atoms with Crippen LogP contribution in [-0.2, 0) is 6.61 Å². The van der Waals surface area contributed by atoms with E-state index in [4.69, 9.17) is 9.15 Å². The lowest BCUT2D eigenvalue weighted by molar-refractivity contribution is 0.306. The van der Waals surface area contributed by atoms with Crippen LogP contribution in [0.2, 0.25) is 0 Å². The lowest BCUT2D eigenvalue weighted by Crippen LogP contribution is -1.94. The number of furan rings is 1. The number of benzene rings is 2. The van der Waals surface area contributed by atoms with Crippen LogP contribution in [0.3, 0.4) is 0 Å². The Bertz CT molecular complexity index is 713. The topological polar surface area (TPSA) is 42.6 Å². The minimum atomic E-state index is 0.228. The fraction of sp³-hybridized carbons (Fsp3) is 0.125. The van der Waals surface area contributed by atoms with Crippen molar-refractivity contribution in [3.63, 3.8) is 0 Å². The number of hydrogen-bond donors (Lipinski definition) is 1. The van der Waals surface area contributed by atoms with Crippen LogP contribution >= 0.6 is 0 Å². The molecule has 3 heteroatoms. The van der Waals surface area contributed by atoms with Crippen LogP contribution in [0.5, 0.6) is 11.5 Å². The highest BCUT2D eigenvalue weighted by Gasteiger charge is 2.07. The maximum atomic E-state index is 9.51. The summed E-state index contributed by atoms with van der Waals surface area (Å²) in [6, 6.07) is 12.9. The molecule has 0 spiro atoms. The van der Waals surface area contributed by atoms with E-state index in [-0.39, 0.29) is 5.75 Å². The molecule has 3 aromatic rings. The number of ether oxygens (including phenoxy) is 1. The van der Waals surface area contributed by atoms with E-state index in [0.717, 1.165) is 27.8 Å². The molecule has 0 saturated heterocycles. The third-order valence-corrected chi connectivity index (χ3v) is 3.02. The number of rotatable bonds is 3. The fourth-order valence-electron chi connectivity index (χ4n) is 2.05. The summed E-state index contributed by atoms with van der Waals surface area (Å²) < 4.78 is 11.2. The Balaban J connectivity index is 1.84. The standard InChI is InChI=1S/C16H14O3/c1-11-3-2-4-14(7-11)18-9-12-10-19-16-6-5-13(17)8-15(12)16/h2-8,10,17H,9H2,1H3. The van der Waals surface area contributed by atoms with Gasteiger partial charge in [-0.15, -0.1) is 0 Å². The molecular weight excluding hydrogens is 240 g/mol. The van der Waals surface area contributed by atoms with Gasteiger partial charge in [0.15, 0.2) is 0 Å². The molecule has 0 radical (unpaired) electrons. The van der Waals surface area contributed by atoms with E-state index in [1.165, 1.54) is 0 Å². The highest BCUT2D eigenvalue weighted by atomic mass is 16.5. The number of phenols is 1. The Kier molecular flexibility index (Phi) is 2.88. The van der Waals surface area contributed by atoms with Gasteiger partial charge in [0.1, 0.15) is 23.7 Å². The number of aromatic hydroxyl groups is 1. The summed E-state index contributed by atoms with van der Waals surface area (Å²) in [7, 11) is 0. The Morgan fingerprint density at radius 3 is 2.89 bits per heavy atom. The number of phenolic OH excluding ortho intramolecular Hbond substituents is 1. The minimum absolute atomic E-state index is 0.228. The van der Waals surface area contributed by atoms with Gasteiger partial charge in [0.25, 0.3) is 0 Å². The summed E-state index contributed by atoms with van der Waals surface area (Å²) in [5.74, 6) is 1.06. The molecule has 0 unspecified atom stereocenters. The quantitative estimate of drug-likeness (QED) is 0.767. The number of hydrogen-bond acceptors (Lipinski definition) is 3. The highest BCUT2D eigenvalue weighted by Crippen LogP contribution is 2.26. The third kappa shape index (κ3) is 2.40. The molecule has 0 saturated carbocycles. The Morgan fingerprint density at radius 2 is 2.05 bits per heavy atom. The van der Waals surface area contributed by atoms with Crippen LogP contribution in [-0.4, -0.2) is 5.11 Å². The largest absolute Gasteiger partial charge is 0.508 e. The zero-order chi connectivity index (χ0) is 13.2. The Morgan fingerprint density at radius 1 is 1.16 bits per heavy atom. The van der Waals surface area contributed by atoms with Crippen LogP contribution in [0.15, 0.2) is 53.1 Å². The summed E-state index contributed by atoms with van der Waals surface area (Å²) >= 11 is 0. The van der Waals surface area contributed by atoms with Crippen molar-refractivity contribution in [2.24, 2.45) is 0 Å². The minimum Gasteiger partial charge on any atom is -0.508 e. The summed E-state index contributed by atoms with van der Waals surface area (Å²) in [6.07, 6.45) is 1.67. The zero-order valence-electron chi connectivity index (χ0n) is 10.6. The van der Waals surface area contributed by atoms with E-state index in [1.54, 1.807) is 24.5 Å². The van der Waals surface area contributed by atoms with E-state index in [0.29, 0.717) is 6.61 Å². The van der Waals surface area contributed by atoms with Crippen LogP contribution in [0.4, 0.5) is 0 Å². The van der Waals surface area contributed by atoms with Crippen molar-refractivity contribution in [3.05, 3.63) is 59.9 Å². The average Bonchev–Trinajstić information content (AvgIpc) is 2.79. The summed E-state index contributed by atoms with van der Waals surface area (Å²) in [4.78, 5) is 0. The smallest absolute Gasteiger partial charge is 0.134 e. The summed E-state index contributed by atoms with van der Waals surface area (Å²) in [5.41, 5.74) is 2.83. The second-order valence-electron chi connectivity index (χ2n) is 4.55. The maximum absolute atomic E-state index is 9.51. The van der Waals surface area contributed by atoms with Gasteiger partial charge in [-0.1, -0.05) is 12.1 Å². The molecule has 0 amide bonds. The molecule has 0 fully saturated rings. The normalized spacial score (nSPS) is 10.8. The van der Waals surface area contributed by atoms with Crippen molar-refractivity contribution in [2.75, 3.05) is 0 Å². The second-order valence-corrected chi connectivity index (χ2v) is 4.55. The van der Waals surface area contributed by atoms with Crippen molar-refractivity contribution in [2.45, 2.75) is 13.5 Å². The first-order valence-corrected chi connectivity index (χ1v) is 6.11. The van der Waals surface area contributed by atoms with Crippen LogP contribution in [0, 0.1) is 6.92 Å². The van der Waals surface area contributed by atoms with E-state index in [9.17, 15) is 5.11 Å². The van der Waals surface area contributed by atoms with Gasteiger partial charge in [-0.3, -0.25) is 0 Å². The molecule has 19 heavy (non-hydrogen) atoms. The van der Waals surface area contributed by atoms with Crippen LogP contribution in [0.25, 0.3) is 11.0 Å². The predicted molar refractivity (Wildman–Crippen MR) is 73.4 cm³/mol. The molecule has 1 N–H and O–H groups in total. The van der Waals surface area contributed by atoms with Gasteiger partial charge < -0.3 is 14.3 Å². The SMILES string of the molecule is Cc1cccc(OCc2coc3ccc(O)cc23)c1. The van der Waals surface area contributed by atoms with Gasteiger partial charge in [0, 0.05) is 10.9 Å². The van der Waals surface area contributed by atoms with Crippen molar-refractivity contribution in [1.82, 2.24) is 0 Å². The van der Waals surface area contributed by atoms with Crippen LogP contribution in [0.1, 0.15) is 11.1 Å². The number of fused-ring (bicyclic) bond motifs is 1. The highest BCUT2D eigenvalue weighted by molar-refractivity contribution is 5.82. The van der Waals surface area contributed by atoms with Gasteiger partial charge in [-0.25, -0.2) is 0 Å². The predicted octanol–water partition coefficient (Wildman–Crippen LogP) is 4.03. The summed E-state index contributed by atoms with van der Waals surface area (Å²) in [5, 5.41) is 10.4. The molecule has 1 aromatic heterocycles. The van der Waals surface area contributed by atoms with Crippen molar-refractivity contribution in [1.29, 1.82) is 0 Å². The molecule has 1 heterocycles. The third-order valence-electron chi connectivity index (χ3n) is 3.02. The van der Waals surface area contributed by atoms with Gasteiger partial charge in [-0.2, -0.15) is 0 Å². The van der Waals surface area contributed by atoms with Gasteiger partial charge in [0.2, 0.25) is 0 Å². The monoisotopic (exact) mass is 254 g/mol. The second kappa shape index (κ2) is 4.69. The molecule has 0 aliphatic rings. The van der Waals surface area contributed by atoms with Crippen LogP contribution < -0.4 is 4.74 Å². The van der Waals surface area contributed by atoms with Gasteiger partial charge in [-0.05, 0) is 42.8 Å². The molecule has 0 aliphatic heterocycles. The first-order chi connectivity index (χ1) is 9.22. The number of aryl methyl sites for hydroxylation is 1. The van der Waals surface area contributed by atoms with Crippen molar-refractivity contribution in [3.8, 4) is 11.5 Å². The molecule has 0 atom stereocenters. The maximum Gasteiger partial charge on any atom is 0.134 e. The zero-order valence-corrected chi connectivity index (χ0v) is 10.6. The molecule has 2 aromatic carbocycles. The fourth-order valence-corrected chi connectivity index (χ4v) is 2.05. The molecule has 0 bridgehead atoms. The summed E-state index contributed by atoms with van der Waals surface area (Å²) in [6.45, 7) is 2.44. The van der Waals surface area contributed by atoms with Crippen molar-refractivity contribution >= 4 is 11.0 Å². The van der Waals surface area contributed by atoms with Crippen molar-refractivity contribution < 1.29 is 14.3 Å². The van der Waals surface area contributed by atoms with E-state index >= 15 is 0 Å². The first-order valence-electron chi connectivity index (χ1n) is 6.11. The molecule has 3 nitrogen and oxygen atoms in total. The van der Waals surface area contributed by atoms with Gasteiger partial charge in [0.05, 0.1) is 6.26 Å². The van der Waals surface area contributed by atoms with E-state index in [2.05, 4.69) is 0 Å². The Labute approximate surface area is 111 Å². The molecule has 0 aliphatic carbocycles. The lowest BCUT2D eigenvalue weighted by atomic mass is 10.2. The average molecular weight is 254 g/mol. The van der Waals surface area contributed by atoms with Gasteiger partial charge >= 0.3 is 0 Å². The molecule has 3 rings (SSSR count). The lowest BCUT2D eigenvalue weighted by Gasteiger charge is -2.05. The molecule has 96 valence electrons. The first kappa shape index (κ1) is 11.7. The Hall–Kier alpha value is -2.42.